The van der Waals surface area contributed by atoms with Gasteiger partial charge in [-0.3, -0.25) is 9.69 Å². The van der Waals surface area contributed by atoms with Crippen molar-refractivity contribution < 1.29 is 9.44 Å². The molecule has 0 radical (unpaired) electrons. The molecule has 0 N–H and O–H groups in total. The van der Waals surface area contributed by atoms with Crippen LogP contribution in [0.15, 0.2) is 54.6 Å². The molecule has 0 unspecified atom stereocenters. The van der Waals surface area contributed by atoms with Crippen LogP contribution < -0.4 is 0 Å². The predicted molar refractivity (Wildman–Crippen MR) is 145 cm³/mol. The number of rotatable bonds is 6. The number of amides is 1. The summed E-state index contributed by atoms with van der Waals surface area (Å²) < 4.78 is -0.319. The molecule has 1 aliphatic heterocycles. The van der Waals surface area contributed by atoms with Gasteiger partial charge in [-0.2, -0.15) is 0 Å². The standard InChI is InChI=1S/C30H38N4O2/c1-3-33(24-14-8-5-9-15-24)30(35)28-25-16-10-11-17-27(25)31-29(23-12-6-4-7-13-23)26(28)22-34(36)20-18-32(2)19-21-34/h4,6-7,10-13,16-17,24H,3,5,8-9,14-15,18-22H2,1-2H3. The summed E-state index contributed by atoms with van der Waals surface area (Å²) >= 11 is 0. The molecule has 1 aliphatic carbocycles. The Labute approximate surface area is 214 Å². The van der Waals surface area contributed by atoms with Crippen LogP contribution in [0, 0.1) is 5.21 Å². The van der Waals surface area contributed by atoms with E-state index in [1.807, 2.05) is 54.6 Å². The normalized spacial score (nSPS) is 18.9. The number of hydroxylamine groups is 3. The van der Waals surface area contributed by atoms with E-state index >= 15 is 0 Å². The predicted octanol–water partition coefficient (Wildman–Crippen LogP) is 5.46. The number of nitrogens with zero attached hydrogens (tertiary/aromatic N) is 4. The van der Waals surface area contributed by atoms with Gasteiger partial charge in [0, 0.05) is 42.2 Å². The number of piperazine rings is 1. The van der Waals surface area contributed by atoms with E-state index in [2.05, 4.69) is 23.8 Å². The number of fused-ring (bicyclic) bond motifs is 1. The first-order valence-electron chi connectivity index (χ1n) is 13.5. The highest BCUT2D eigenvalue weighted by atomic mass is 16.5. The highest BCUT2D eigenvalue weighted by molar-refractivity contribution is 6.09. The van der Waals surface area contributed by atoms with Crippen molar-refractivity contribution in [1.29, 1.82) is 0 Å². The van der Waals surface area contributed by atoms with Gasteiger partial charge in [0.2, 0.25) is 0 Å². The van der Waals surface area contributed by atoms with Gasteiger partial charge in [0.1, 0.15) is 6.54 Å². The van der Waals surface area contributed by atoms with Crippen molar-refractivity contribution in [2.75, 3.05) is 39.8 Å². The molecular weight excluding hydrogens is 448 g/mol. The van der Waals surface area contributed by atoms with Gasteiger partial charge in [0.05, 0.1) is 29.9 Å². The Bertz CT molecular complexity index is 1200. The number of hydrogen-bond donors (Lipinski definition) is 0. The van der Waals surface area contributed by atoms with Crippen LogP contribution in [-0.2, 0) is 6.54 Å². The summed E-state index contributed by atoms with van der Waals surface area (Å²) in [5, 5.41) is 14.9. The molecule has 0 atom stereocenters. The molecule has 2 aliphatic rings. The smallest absolute Gasteiger partial charge is 0.255 e. The molecule has 0 bridgehead atoms. The maximum atomic E-state index is 14.5. The molecule has 36 heavy (non-hydrogen) atoms. The summed E-state index contributed by atoms with van der Waals surface area (Å²) in [4.78, 5) is 23.8. The van der Waals surface area contributed by atoms with Crippen molar-refractivity contribution in [3.63, 3.8) is 0 Å². The molecule has 2 aromatic carbocycles. The van der Waals surface area contributed by atoms with E-state index in [1.165, 1.54) is 19.3 Å². The lowest BCUT2D eigenvalue weighted by molar-refractivity contribution is -0.898. The second-order valence-corrected chi connectivity index (χ2v) is 10.5. The van der Waals surface area contributed by atoms with Crippen LogP contribution in [0.1, 0.15) is 54.9 Å². The topological polar surface area (TPSA) is 59.5 Å². The van der Waals surface area contributed by atoms with E-state index in [4.69, 9.17) is 4.98 Å². The lowest BCUT2D eigenvalue weighted by atomic mass is 9.91. The molecule has 1 aromatic heterocycles. The fourth-order valence-corrected chi connectivity index (χ4v) is 5.96. The summed E-state index contributed by atoms with van der Waals surface area (Å²) in [5.41, 5.74) is 4.01. The van der Waals surface area contributed by atoms with E-state index in [-0.39, 0.29) is 23.1 Å². The van der Waals surface area contributed by atoms with Gasteiger partial charge in [-0.05, 0) is 32.9 Å². The van der Waals surface area contributed by atoms with Crippen molar-refractivity contribution in [1.82, 2.24) is 14.8 Å². The zero-order valence-electron chi connectivity index (χ0n) is 21.7. The Balaban J connectivity index is 1.70. The number of carbonyl (C=O) groups is 1. The summed E-state index contributed by atoms with van der Waals surface area (Å²) in [6.07, 6.45) is 5.69. The third-order valence-electron chi connectivity index (χ3n) is 8.10. The number of pyridine rings is 1. The van der Waals surface area contributed by atoms with Crippen LogP contribution in [0.25, 0.3) is 22.2 Å². The molecule has 2 heterocycles. The van der Waals surface area contributed by atoms with Crippen LogP contribution in [0.2, 0.25) is 0 Å². The monoisotopic (exact) mass is 486 g/mol. The summed E-state index contributed by atoms with van der Waals surface area (Å²) in [6, 6.07) is 18.2. The van der Waals surface area contributed by atoms with Crippen molar-refractivity contribution in [2.24, 2.45) is 0 Å². The molecule has 1 saturated heterocycles. The third-order valence-corrected chi connectivity index (χ3v) is 8.10. The van der Waals surface area contributed by atoms with E-state index < -0.39 is 0 Å². The lowest BCUT2D eigenvalue weighted by Crippen LogP contribution is -2.54. The molecule has 1 saturated carbocycles. The minimum atomic E-state index is -0.319. The van der Waals surface area contributed by atoms with E-state index in [0.717, 1.165) is 53.7 Å². The highest BCUT2D eigenvalue weighted by Crippen LogP contribution is 2.35. The minimum Gasteiger partial charge on any atom is -0.632 e. The molecule has 3 aromatic rings. The fourth-order valence-electron chi connectivity index (χ4n) is 5.96. The second-order valence-electron chi connectivity index (χ2n) is 10.5. The first-order valence-corrected chi connectivity index (χ1v) is 13.5. The number of carbonyl (C=O) groups excluding carboxylic acids is 1. The average Bonchev–Trinajstić information content (AvgIpc) is 2.91. The number of hydrogen-bond acceptors (Lipinski definition) is 4. The molecular formula is C30H38N4O2. The molecule has 6 heteroatoms. The molecule has 0 spiro atoms. The molecule has 2 fully saturated rings. The average molecular weight is 487 g/mol. The first kappa shape index (κ1) is 24.9. The summed E-state index contributed by atoms with van der Waals surface area (Å²) in [6.45, 7) is 5.57. The van der Waals surface area contributed by atoms with Crippen LogP contribution in [0.5, 0.6) is 0 Å². The zero-order chi connectivity index (χ0) is 25.1. The second kappa shape index (κ2) is 10.7. The largest absolute Gasteiger partial charge is 0.632 e. The van der Waals surface area contributed by atoms with E-state index in [9.17, 15) is 10.0 Å². The summed E-state index contributed by atoms with van der Waals surface area (Å²) in [7, 11) is 2.06. The molecule has 1 amide bonds. The van der Waals surface area contributed by atoms with Gasteiger partial charge >= 0.3 is 0 Å². The Hall–Kier alpha value is -2.80. The Morgan fingerprint density at radius 2 is 1.69 bits per heavy atom. The van der Waals surface area contributed by atoms with Gasteiger partial charge in [0.15, 0.2) is 0 Å². The number of quaternary nitrogens is 1. The van der Waals surface area contributed by atoms with Gasteiger partial charge in [-0.1, -0.05) is 67.8 Å². The maximum Gasteiger partial charge on any atom is 0.255 e. The third kappa shape index (κ3) is 5.03. The number of likely N-dealkylation sites (N-methyl/N-ethyl adjacent to an activating group) is 1. The van der Waals surface area contributed by atoms with Crippen LogP contribution in [0.4, 0.5) is 0 Å². The molecule has 5 rings (SSSR count). The van der Waals surface area contributed by atoms with Gasteiger partial charge < -0.3 is 14.8 Å². The number of benzene rings is 2. The lowest BCUT2D eigenvalue weighted by Gasteiger charge is -2.48. The van der Waals surface area contributed by atoms with Crippen LogP contribution in [0.3, 0.4) is 0 Å². The van der Waals surface area contributed by atoms with Crippen molar-refractivity contribution in [3.05, 3.63) is 70.9 Å². The fraction of sp³-hybridized carbons (Fsp3) is 0.467. The van der Waals surface area contributed by atoms with Crippen molar-refractivity contribution in [3.8, 4) is 11.3 Å². The van der Waals surface area contributed by atoms with Gasteiger partial charge in [-0.25, -0.2) is 4.98 Å². The quantitative estimate of drug-likeness (QED) is 0.343. The van der Waals surface area contributed by atoms with E-state index in [1.54, 1.807) is 0 Å². The van der Waals surface area contributed by atoms with Crippen molar-refractivity contribution in [2.45, 2.75) is 51.6 Å². The summed E-state index contributed by atoms with van der Waals surface area (Å²) in [5.74, 6) is 0.0518. The number of aromatic nitrogens is 1. The number of para-hydroxylation sites is 1. The van der Waals surface area contributed by atoms with Crippen LogP contribution in [-0.4, -0.2) is 71.2 Å². The SMILES string of the molecule is CCN(C(=O)c1c(C[N+]2([O-])CCN(C)CC2)c(-c2ccccc2)nc2ccccc12)C1CCCCC1. The Morgan fingerprint density at radius 3 is 2.39 bits per heavy atom. The van der Waals surface area contributed by atoms with Crippen LogP contribution >= 0.6 is 0 Å². The Kier molecular flexibility index (Phi) is 7.37. The van der Waals surface area contributed by atoms with E-state index in [0.29, 0.717) is 25.2 Å². The minimum absolute atomic E-state index is 0.0518. The van der Waals surface area contributed by atoms with Crippen molar-refractivity contribution >= 4 is 16.8 Å². The first-order chi connectivity index (χ1) is 17.5. The maximum absolute atomic E-state index is 14.5. The van der Waals surface area contributed by atoms with Gasteiger partial charge in [0.25, 0.3) is 5.91 Å². The molecule has 6 nitrogen and oxygen atoms in total. The van der Waals surface area contributed by atoms with Gasteiger partial charge in [-0.15, -0.1) is 0 Å². The molecule has 190 valence electrons. The highest BCUT2D eigenvalue weighted by Gasteiger charge is 2.33. The Morgan fingerprint density at radius 1 is 1.03 bits per heavy atom. The zero-order valence-corrected chi connectivity index (χ0v) is 21.7.